The molecule has 2 aliphatic heterocycles. The lowest BCUT2D eigenvalue weighted by Crippen LogP contribution is -2.52. The molecular formula is C22H19N5O5. The number of piperidine rings is 1. The lowest BCUT2D eigenvalue weighted by atomic mass is 10.0. The van der Waals surface area contributed by atoms with Crippen molar-refractivity contribution in [2.75, 3.05) is 12.4 Å². The van der Waals surface area contributed by atoms with Crippen molar-refractivity contribution in [3.05, 3.63) is 53.2 Å². The first-order chi connectivity index (χ1) is 15.4. The zero-order chi connectivity index (χ0) is 22.4. The fourth-order valence-corrected chi connectivity index (χ4v) is 4.13. The number of methoxy groups -OCH3 is 1. The van der Waals surface area contributed by atoms with Gasteiger partial charge < -0.3 is 19.9 Å². The number of fused-ring (bicyclic) bond motifs is 2. The van der Waals surface area contributed by atoms with Gasteiger partial charge in [-0.25, -0.2) is 0 Å². The molecule has 0 bridgehead atoms. The van der Waals surface area contributed by atoms with Gasteiger partial charge in [0.2, 0.25) is 17.7 Å². The van der Waals surface area contributed by atoms with E-state index in [4.69, 9.17) is 4.74 Å². The number of nitrogens with zero attached hydrogens (tertiary/aromatic N) is 2. The molecule has 2 aliphatic rings. The summed E-state index contributed by atoms with van der Waals surface area (Å²) >= 11 is 0. The van der Waals surface area contributed by atoms with Crippen LogP contribution in [0.4, 0.5) is 5.69 Å². The minimum atomic E-state index is -0.686. The van der Waals surface area contributed by atoms with E-state index in [-0.39, 0.29) is 36.2 Å². The largest absolute Gasteiger partial charge is 0.480 e. The molecule has 1 saturated heterocycles. The molecule has 10 heteroatoms. The van der Waals surface area contributed by atoms with Crippen LogP contribution in [0.5, 0.6) is 5.88 Å². The molecule has 5 rings (SSSR count). The Balaban J connectivity index is 1.37. The molecule has 1 fully saturated rings. The monoisotopic (exact) mass is 433 g/mol. The maximum Gasteiger partial charge on any atom is 0.261 e. The van der Waals surface area contributed by atoms with Crippen LogP contribution in [0.2, 0.25) is 0 Å². The van der Waals surface area contributed by atoms with E-state index in [1.54, 1.807) is 30.5 Å². The highest BCUT2D eigenvalue weighted by Gasteiger charge is 2.39. The SMILES string of the molecule is COc1nc2[nH]ccc2cc1C(=O)Nc1ccc2c(c1)CN(C1CCC(=O)NC1=O)C2=O. The molecule has 4 amide bonds. The number of aromatic nitrogens is 2. The van der Waals surface area contributed by atoms with Crippen LogP contribution in [-0.2, 0) is 16.1 Å². The van der Waals surface area contributed by atoms with Crippen molar-refractivity contribution in [1.82, 2.24) is 20.2 Å². The average Bonchev–Trinajstić information content (AvgIpc) is 3.36. The molecule has 0 saturated carbocycles. The predicted octanol–water partition coefficient (Wildman–Crippen LogP) is 1.58. The van der Waals surface area contributed by atoms with E-state index in [1.807, 2.05) is 6.07 Å². The van der Waals surface area contributed by atoms with Gasteiger partial charge in [0.05, 0.1) is 7.11 Å². The maximum absolute atomic E-state index is 12.9. The molecule has 4 heterocycles. The van der Waals surface area contributed by atoms with Crippen LogP contribution in [0.25, 0.3) is 11.0 Å². The number of aromatic amines is 1. The number of rotatable bonds is 4. The van der Waals surface area contributed by atoms with Crippen LogP contribution >= 0.6 is 0 Å². The number of ether oxygens (including phenoxy) is 1. The lowest BCUT2D eigenvalue weighted by Gasteiger charge is -2.29. The van der Waals surface area contributed by atoms with Gasteiger partial charge in [0, 0.05) is 35.8 Å². The number of carbonyl (C=O) groups is 4. The van der Waals surface area contributed by atoms with Crippen molar-refractivity contribution < 1.29 is 23.9 Å². The van der Waals surface area contributed by atoms with Gasteiger partial charge >= 0.3 is 0 Å². The van der Waals surface area contributed by atoms with Gasteiger partial charge in [-0.2, -0.15) is 4.98 Å². The summed E-state index contributed by atoms with van der Waals surface area (Å²) < 4.78 is 5.26. The molecule has 1 atom stereocenters. The fourth-order valence-electron chi connectivity index (χ4n) is 4.13. The molecule has 0 spiro atoms. The van der Waals surface area contributed by atoms with Crippen LogP contribution in [0, 0.1) is 0 Å². The van der Waals surface area contributed by atoms with Crippen LogP contribution in [0.3, 0.4) is 0 Å². The third kappa shape index (κ3) is 3.25. The lowest BCUT2D eigenvalue weighted by molar-refractivity contribution is -0.136. The Morgan fingerprint density at radius 2 is 2.06 bits per heavy atom. The van der Waals surface area contributed by atoms with Gasteiger partial charge in [0.15, 0.2) is 0 Å². The van der Waals surface area contributed by atoms with E-state index in [0.717, 1.165) is 5.39 Å². The first-order valence-corrected chi connectivity index (χ1v) is 10.1. The number of amides is 4. The van der Waals surface area contributed by atoms with Gasteiger partial charge in [0.25, 0.3) is 11.8 Å². The smallest absolute Gasteiger partial charge is 0.261 e. The minimum Gasteiger partial charge on any atom is -0.480 e. The first-order valence-electron chi connectivity index (χ1n) is 10.1. The van der Waals surface area contributed by atoms with Gasteiger partial charge in [-0.3, -0.25) is 24.5 Å². The van der Waals surface area contributed by atoms with E-state index in [1.165, 1.54) is 12.0 Å². The van der Waals surface area contributed by atoms with Gasteiger partial charge in [-0.15, -0.1) is 0 Å². The van der Waals surface area contributed by atoms with Crippen LogP contribution < -0.4 is 15.4 Å². The molecule has 1 unspecified atom stereocenters. The topological polar surface area (TPSA) is 133 Å². The molecule has 0 radical (unpaired) electrons. The van der Waals surface area contributed by atoms with Crippen molar-refractivity contribution >= 4 is 40.3 Å². The Morgan fingerprint density at radius 1 is 1.22 bits per heavy atom. The molecule has 3 aromatic rings. The summed E-state index contributed by atoms with van der Waals surface area (Å²) in [6.07, 6.45) is 2.21. The van der Waals surface area contributed by atoms with Crippen LogP contribution in [0.1, 0.15) is 39.1 Å². The van der Waals surface area contributed by atoms with Gasteiger partial charge in [-0.05, 0) is 42.3 Å². The van der Waals surface area contributed by atoms with E-state index < -0.39 is 17.9 Å². The molecule has 10 nitrogen and oxygen atoms in total. The Labute approximate surface area is 181 Å². The van der Waals surface area contributed by atoms with Crippen LogP contribution in [0.15, 0.2) is 36.5 Å². The van der Waals surface area contributed by atoms with Gasteiger partial charge in [0.1, 0.15) is 17.3 Å². The van der Waals surface area contributed by atoms with E-state index in [9.17, 15) is 19.2 Å². The minimum absolute atomic E-state index is 0.192. The molecule has 32 heavy (non-hydrogen) atoms. The number of anilines is 1. The van der Waals surface area contributed by atoms with Crippen molar-refractivity contribution in [1.29, 1.82) is 0 Å². The predicted molar refractivity (Wildman–Crippen MR) is 113 cm³/mol. The average molecular weight is 433 g/mol. The van der Waals surface area contributed by atoms with E-state index in [2.05, 4.69) is 20.6 Å². The van der Waals surface area contributed by atoms with E-state index in [0.29, 0.717) is 28.9 Å². The second-order valence-corrected chi connectivity index (χ2v) is 7.69. The number of nitrogens with one attached hydrogen (secondary N) is 3. The van der Waals surface area contributed by atoms with Gasteiger partial charge in [-0.1, -0.05) is 0 Å². The normalized spacial score (nSPS) is 18.0. The molecule has 0 aliphatic carbocycles. The highest BCUT2D eigenvalue weighted by Crippen LogP contribution is 2.30. The zero-order valence-corrected chi connectivity index (χ0v) is 17.1. The summed E-state index contributed by atoms with van der Waals surface area (Å²) in [5.74, 6) is -1.27. The Morgan fingerprint density at radius 3 is 2.84 bits per heavy atom. The Kier molecular flexibility index (Phi) is 4.62. The zero-order valence-electron chi connectivity index (χ0n) is 17.1. The Hall–Kier alpha value is -4.21. The second kappa shape index (κ2) is 7.49. The fraction of sp³-hybridized carbons (Fsp3) is 0.227. The highest BCUT2D eigenvalue weighted by atomic mass is 16.5. The van der Waals surface area contributed by atoms with Crippen molar-refractivity contribution in [3.8, 4) is 5.88 Å². The van der Waals surface area contributed by atoms with Crippen LogP contribution in [-0.4, -0.2) is 51.6 Å². The maximum atomic E-state index is 12.9. The third-order valence-corrected chi connectivity index (χ3v) is 5.72. The molecule has 162 valence electrons. The summed E-state index contributed by atoms with van der Waals surface area (Å²) in [5, 5.41) is 5.88. The number of carbonyl (C=O) groups excluding carboxylic acids is 4. The van der Waals surface area contributed by atoms with E-state index >= 15 is 0 Å². The molecule has 1 aromatic carbocycles. The Bertz CT molecular complexity index is 1300. The summed E-state index contributed by atoms with van der Waals surface area (Å²) in [5.41, 5.74) is 2.57. The second-order valence-electron chi connectivity index (χ2n) is 7.69. The number of benzene rings is 1. The number of H-pyrrole nitrogens is 1. The standard InChI is InChI=1S/C22H19N5O5/c1-32-21-15(9-11-6-7-23-18(11)26-21)19(29)24-13-2-3-14-12(8-13)10-27(22(14)31)16-4-5-17(28)25-20(16)30/h2-3,6-9,16H,4-5,10H2,1H3,(H,23,26)(H,24,29)(H,25,28,30). The van der Waals surface area contributed by atoms with Crippen molar-refractivity contribution in [3.63, 3.8) is 0 Å². The molecular weight excluding hydrogens is 414 g/mol. The summed E-state index contributed by atoms with van der Waals surface area (Å²) in [6.45, 7) is 0.227. The molecule has 2 aromatic heterocycles. The van der Waals surface area contributed by atoms with Crippen molar-refractivity contribution in [2.45, 2.75) is 25.4 Å². The summed E-state index contributed by atoms with van der Waals surface area (Å²) in [4.78, 5) is 58.1. The quantitative estimate of drug-likeness (QED) is 0.535. The number of hydrogen-bond acceptors (Lipinski definition) is 6. The highest BCUT2D eigenvalue weighted by molar-refractivity contribution is 6.09. The van der Waals surface area contributed by atoms with Crippen molar-refractivity contribution in [2.24, 2.45) is 0 Å². The summed E-state index contributed by atoms with van der Waals surface area (Å²) in [7, 11) is 1.44. The number of hydrogen-bond donors (Lipinski definition) is 3. The first kappa shape index (κ1) is 19.7. The molecule has 3 N–H and O–H groups in total. The number of pyridine rings is 1. The number of imide groups is 1. The summed E-state index contributed by atoms with van der Waals surface area (Å²) in [6, 6.07) is 7.79. The third-order valence-electron chi connectivity index (χ3n) is 5.72.